The maximum atomic E-state index is 12.9. The number of nitrogens with one attached hydrogen (secondary N) is 1. The maximum Gasteiger partial charge on any atom is 0.278 e. The van der Waals surface area contributed by atoms with E-state index < -0.39 is 12.5 Å². The summed E-state index contributed by atoms with van der Waals surface area (Å²) < 4.78 is 30.9. The number of aryl methyl sites for hydroxylation is 2. The monoisotopic (exact) mass is 434 g/mol. The predicted octanol–water partition coefficient (Wildman–Crippen LogP) is 6.25. The lowest BCUT2D eigenvalue weighted by Gasteiger charge is -2.12. The van der Waals surface area contributed by atoms with Crippen LogP contribution in [0.4, 0.5) is 8.78 Å². The van der Waals surface area contributed by atoms with Crippen molar-refractivity contribution in [2.75, 3.05) is 6.61 Å². The molecule has 0 spiro atoms. The average Bonchev–Trinajstić information content (AvgIpc) is 3.18. The largest absolute Gasteiger partial charge is 0.487 e. The Labute approximate surface area is 185 Å². The topological polar surface area (TPSA) is 55.0 Å². The molecule has 32 heavy (non-hydrogen) atoms. The van der Waals surface area contributed by atoms with Gasteiger partial charge in [0.2, 0.25) is 0 Å². The highest BCUT2D eigenvalue weighted by Gasteiger charge is 2.21. The average molecular weight is 434 g/mol. The van der Waals surface area contributed by atoms with Gasteiger partial charge in [-0.15, -0.1) is 0 Å². The number of fused-ring (bicyclic) bond motifs is 1. The van der Waals surface area contributed by atoms with Gasteiger partial charge in [-0.25, -0.2) is 13.8 Å². The number of H-pyrrole nitrogens is 1. The lowest BCUT2D eigenvalue weighted by Crippen LogP contribution is -2.20. The van der Waals surface area contributed by atoms with Crippen LogP contribution in [-0.2, 0) is 12.8 Å². The lowest BCUT2D eigenvalue weighted by atomic mass is 9.97. The minimum Gasteiger partial charge on any atom is -0.487 e. The molecule has 1 N–H and O–H groups in total. The number of nitrogens with zero attached hydrogens (tertiary/aromatic N) is 1. The zero-order valence-corrected chi connectivity index (χ0v) is 18.0. The highest BCUT2D eigenvalue weighted by molar-refractivity contribution is 6.01. The van der Waals surface area contributed by atoms with Crippen LogP contribution in [0.25, 0.3) is 22.2 Å². The van der Waals surface area contributed by atoms with Gasteiger partial charge in [-0.3, -0.25) is 4.79 Å². The molecule has 1 aromatic heterocycles. The third-order valence-electron chi connectivity index (χ3n) is 5.21. The standard InChI is InChI=1S/C26H24F2N2O2/c1-17(31)21-5-3-4-6-22(21)19-10-13-23-24(15-19)30-25(29-23)14-9-18-7-11-20(12-8-18)32-16-26(2,27)28/h3-8,10-13,15H,9,14,16H2,1-2H3,(H,29,30). The van der Waals surface area contributed by atoms with Gasteiger partial charge < -0.3 is 9.72 Å². The molecule has 4 aromatic rings. The number of rotatable bonds is 8. The highest BCUT2D eigenvalue weighted by atomic mass is 19.3. The van der Waals surface area contributed by atoms with Gasteiger partial charge >= 0.3 is 0 Å². The van der Waals surface area contributed by atoms with Crippen LogP contribution in [0, 0.1) is 0 Å². The molecule has 164 valence electrons. The summed E-state index contributed by atoms with van der Waals surface area (Å²) in [4.78, 5) is 20.0. The van der Waals surface area contributed by atoms with Gasteiger partial charge in [0, 0.05) is 18.9 Å². The van der Waals surface area contributed by atoms with Crippen molar-refractivity contribution in [2.24, 2.45) is 0 Å². The smallest absolute Gasteiger partial charge is 0.278 e. The fourth-order valence-electron chi connectivity index (χ4n) is 3.62. The summed E-state index contributed by atoms with van der Waals surface area (Å²) in [6.07, 6.45) is 1.46. The molecular formula is C26H24F2N2O2. The molecule has 0 fully saturated rings. The molecule has 4 nitrogen and oxygen atoms in total. The molecule has 3 aromatic carbocycles. The highest BCUT2D eigenvalue weighted by Crippen LogP contribution is 2.27. The number of imidazole rings is 1. The van der Waals surface area contributed by atoms with Gasteiger partial charge in [0.05, 0.1) is 11.0 Å². The first-order chi connectivity index (χ1) is 15.3. The number of carbonyl (C=O) groups excluding carboxylic acids is 1. The van der Waals surface area contributed by atoms with Crippen LogP contribution in [0.15, 0.2) is 66.7 Å². The minimum absolute atomic E-state index is 0.0332. The SMILES string of the molecule is CC(=O)c1ccccc1-c1ccc2nc(CCc3ccc(OCC(C)(F)F)cc3)[nH]c2c1. The van der Waals surface area contributed by atoms with Crippen LogP contribution in [0.3, 0.4) is 0 Å². The van der Waals surface area contributed by atoms with Crippen molar-refractivity contribution in [1.82, 2.24) is 9.97 Å². The number of benzene rings is 3. The first kappa shape index (κ1) is 21.7. The number of aromatic nitrogens is 2. The summed E-state index contributed by atoms with van der Waals surface area (Å²) in [6, 6.07) is 20.7. The number of aromatic amines is 1. The van der Waals surface area contributed by atoms with Crippen molar-refractivity contribution >= 4 is 16.8 Å². The van der Waals surface area contributed by atoms with Crippen molar-refractivity contribution < 1.29 is 18.3 Å². The van der Waals surface area contributed by atoms with Gasteiger partial charge in [-0.2, -0.15) is 0 Å². The van der Waals surface area contributed by atoms with E-state index in [-0.39, 0.29) is 5.78 Å². The Balaban J connectivity index is 1.45. The summed E-state index contributed by atoms with van der Waals surface area (Å²) in [6.45, 7) is 1.77. The Kier molecular flexibility index (Phi) is 6.04. The minimum atomic E-state index is -2.85. The molecule has 0 saturated heterocycles. The molecule has 0 aliphatic carbocycles. The van der Waals surface area contributed by atoms with Crippen molar-refractivity contribution in [3.63, 3.8) is 0 Å². The third kappa shape index (κ3) is 5.19. The predicted molar refractivity (Wildman–Crippen MR) is 122 cm³/mol. The Morgan fingerprint density at radius 3 is 2.50 bits per heavy atom. The van der Waals surface area contributed by atoms with Crippen LogP contribution < -0.4 is 4.74 Å². The molecule has 0 atom stereocenters. The molecule has 0 aliphatic rings. The molecule has 4 rings (SSSR count). The van der Waals surface area contributed by atoms with E-state index in [9.17, 15) is 13.6 Å². The molecule has 0 bridgehead atoms. The Morgan fingerprint density at radius 2 is 1.78 bits per heavy atom. The fourth-order valence-corrected chi connectivity index (χ4v) is 3.62. The molecule has 0 radical (unpaired) electrons. The number of hydrogen-bond acceptors (Lipinski definition) is 3. The molecular weight excluding hydrogens is 410 g/mol. The first-order valence-electron chi connectivity index (χ1n) is 10.5. The summed E-state index contributed by atoms with van der Waals surface area (Å²) in [5.41, 5.74) is 5.42. The van der Waals surface area contributed by atoms with Gasteiger partial charge in [0.15, 0.2) is 12.4 Å². The first-order valence-corrected chi connectivity index (χ1v) is 10.5. The number of ketones is 1. The summed E-state index contributed by atoms with van der Waals surface area (Å²) in [5.74, 6) is -1.53. The van der Waals surface area contributed by atoms with Crippen molar-refractivity contribution in [3.05, 3.63) is 83.7 Å². The zero-order valence-electron chi connectivity index (χ0n) is 18.0. The third-order valence-corrected chi connectivity index (χ3v) is 5.21. The van der Waals surface area contributed by atoms with E-state index in [1.54, 1.807) is 19.1 Å². The molecule has 1 heterocycles. The van der Waals surface area contributed by atoms with E-state index in [1.165, 1.54) is 0 Å². The number of carbonyl (C=O) groups is 1. The molecule has 0 aliphatic heterocycles. The lowest BCUT2D eigenvalue weighted by molar-refractivity contribution is -0.0229. The van der Waals surface area contributed by atoms with Gasteiger partial charge in [0.1, 0.15) is 11.6 Å². The number of halogens is 2. The van der Waals surface area contributed by atoms with Crippen molar-refractivity contribution in [1.29, 1.82) is 0 Å². The van der Waals surface area contributed by atoms with Crippen LogP contribution in [0.2, 0.25) is 0 Å². The van der Waals surface area contributed by atoms with Gasteiger partial charge in [-0.05, 0) is 54.3 Å². The number of ether oxygens (including phenoxy) is 1. The van der Waals surface area contributed by atoms with Crippen molar-refractivity contribution in [2.45, 2.75) is 32.6 Å². The Bertz CT molecular complexity index is 1240. The van der Waals surface area contributed by atoms with E-state index in [0.717, 1.165) is 46.9 Å². The summed E-state index contributed by atoms with van der Waals surface area (Å²) >= 11 is 0. The van der Waals surface area contributed by atoms with Gasteiger partial charge in [0.25, 0.3) is 5.92 Å². The molecule has 0 unspecified atom stereocenters. The quantitative estimate of drug-likeness (QED) is 0.334. The van der Waals surface area contributed by atoms with E-state index >= 15 is 0 Å². The second kappa shape index (κ2) is 8.91. The van der Waals surface area contributed by atoms with Crippen LogP contribution in [0.1, 0.15) is 35.6 Å². The van der Waals surface area contributed by atoms with E-state index in [0.29, 0.717) is 17.7 Å². The fraction of sp³-hybridized carbons (Fsp3) is 0.231. The summed E-state index contributed by atoms with van der Waals surface area (Å²) in [5, 5.41) is 0. The Morgan fingerprint density at radius 1 is 1.03 bits per heavy atom. The van der Waals surface area contributed by atoms with Crippen LogP contribution >= 0.6 is 0 Å². The van der Waals surface area contributed by atoms with E-state index in [2.05, 4.69) is 9.97 Å². The number of hydrogen-bond donors (Lipinski definition) is 1. The number of alkyl halides is 2. The molecule has 0 amide bonds. The molecule has 6 heteroatoms. The zero-order chi connectivity index (χ0) is 22.7. The van der Waals surface area contributed by atoms with E-state index in [4.69, 9.17) is 4.74 Å². The maximum absolute atomic E-state index is 12.9. The Hall–Kier alpha value is -3.54. The normalized spacial score (nSPS) is 11.6. The van der Waals surface area contributed by atoms with E-state index in [1.807, 2.05) is 54.6 Å². The second-order valence-corrected chi connectivity index (χ2v) is 8.02. The summed E-state index contributed by atoms with van der Waals surface area (Å²) in [7, 11) is 0. The molecule has 0 saturated carbocycles. The van der Waals surface area contributed by atoms with Crippen molar-refractivity contribution in [3.8, 4) is 16.9 Å². The van der Waals surface area contributed by atoms with Crippen LogP contribution in [0.5, 0.6) is 5.75 Å². The second-order valence-electron chi connectivity index (χ2n) is 8.02. The van der Waals surface area contributed by atoms with Crippen LogP contribution in [-0.4, -0.2) is 28.3 Å². The van der Waals surface area contributed by atoms with Gasteiger partial charge in [-0.1, -0.05) is 42.5 Å². The number of Topliss-reactive ketones (excluding diaryl/α,β-unsaturated/α-hetero) is 1.